The summed E-state index contributed by atoms with van der Waals surface area (Å²) >= 11 is 0. The first kappa shape index (κ1) is 22.7. The van der Waals surface area contributed by atoms with Crippen molar-refractivity contribution >= 4 is 43.2 Å². The molecule has 7 aromatic carbocycles. The van der Waals surface area contributed by atoms with Gasteiger partial charge in [-0.05, 0) is 61.0 Å². The zero-order valence-electron chi connectivity index (χ0n) is 21.9. The molecule has 186 valence electrons. The standard InChI is InChI=1S/C39H25N/c1-2-11-26(12-3-1)27-21-23-29(24-22-27)37-32-16-6-7-17-33(32)38(31-19-10-14-28-13-4-5-15-30(28)31)39-34-18-8-9-20-36(34)40-25-35(37)39/h1-25H. The third-order valence-electron chi connectivity index (χ3n) is 8.10. The Morgan fingerprint density at radius 3 is 1.73 bits per heavy atom. The summed E-state index contributed by atoms with van der Waals surface area (Å²) in [6.07, 6.45) is 2.08. The quantitative estimate of drug-likeness (QED) is 0.171. The fourth-order valence-corrected chi connectivity index (χ4v) is 6.29. The molecule has 1 heteroatoms. The van der Waals surface area contributed by atoms with Crippen LogP contribution >= 0.6 is 0 Å². The molecule has 0 amide bonds. The Morgan fingerprint density at radius 2 is 0.925 bits per heavy atom. The Morgan fingerprint density at radius 1 is 0.350 bits per heavy atom. The van der Waals surface area contributed by atoms with Crippen molar-refractivity contribution in [1.29, 1.82) is 0 Å². The summed E-state index contributed by atoms with van der Waals surface area (Å²) in [5, 5.41) is 8.60. The molecule has 0 aliphatic heterocycles. The van der Waals surface area contributed by atoms with Crippen LogP contribution in [0.4, 0.5) is 0 Å². The molecule has 1 heterocycles. The first-order valence-electron chi connectivity index (χ1n) is 13.7. The zero-order valence-corrected chi connectivity index (χ0v) is 21.9. The van der Waals surface area contributed by atoms with Crippen LogP contribution in [0.3, 0.4) is 0 Å². The lowest BCUT2D eigenvalue weighted by molar-refractivity contribution is 1.45. The van der Waals surface area contributed by atoms with Gasteiger partial charge in [-0.25, -0.2) is 0 Å². The summed E-state index contributed by atoms with van der Waals surface area (Å²) in [6.45, 7) is 0. The minimum absolute atomic E-state index is 1.01. The number of benzene rings is 7. The molecule has 0 fully saturated rings. The maximum absolute atomic E-state index is 4.96. The van der Waals surface area contributed by atoms with Gasteiger partial charge in [-0.3, -0.25) is 4.98 Å². The molecule has 0 aliphatic rings. The van der Waals surface area contributed by atoms with Crippen LogP contribution in [0.5, 0.6) is 0 Å². The highest BCUT2D eigenvalue weighted by atomic mass is 14.6. The van der Waals surface area contributed by atoms with E-state index in [1.165, 1.54) is 71.1 Å². The van der Waals surface area contributed by atoms with Gasteiger partial charge in [0.05, 0.1) is 5.52 Å². The summed E-state index contributed by atoms with van der Waals surface area (Å²) < 4.78 is 0. The molecule has 0 saturated carbocycles. The molecule has 8 aromatic rings. The third-order valence-corrected chi connectivity index (χ3v) is 8.10. The highest BCUT2D eigenvalue weighted by Crippen LogP contribution is 2.47. The minimum atomic E-state index is 1.01. The Balaban J connectivity index is 1.52. The van der Waals surface area contributed by atoms with E-state index < -0.39 is 0 Å². The first-order chi connectivity index (χ1) is 19.9. The second kappa shape index (κ2) is 9.18. The van der Waals surface area contributed by atoms with E-state index in [4.69, 9.17) is 4.98 Å². The van der Waals surface area contributed by atoms with Crippen LogP contribution in [0.15, 0.2) is 152 Å². The maximum Gasteiger partial charge on any atom is 0.0708 e. The highest BCUT2D eigenvalue weighted by molar-refractivity contribution is 6.28. The minimum Gasteiger partial charge on any atom is -0.256 e. The average molecular weight is 508 g/mol. The molecule has 0 spiro atoms. The van der Waals surface area contributed by atoms with Gasteiger partial charge in [0.15, 0.2) is 0 Å². The van der Waals surface area contributed by atoms with Gasteiger partial charge in [-0.2, -0.15) is 0 Å². The number of pyridine rings is 1. The molecule has 0 bridgehead atoms. The van der Waals surface area contributed by atoms with E-state index in [2.05, 4.69) is 152 Å². The molecule has 0 aliphatic carbocycles. The van der Waals surface area contributed by atoms with Gasteiger partial charge >= 0.3 is 0 Å². The molecule has 0 atom stereocenters. The van der Waals surface area contributed by atoms with Gasteiger partial charge in [0.25, 0.3) is 0 Å². The van der Waals surface area contributed by atoms with Crippen molar-refractivity contribution in [1.82, 2.24) is 4.98 Å². The SMILES string of the molecule is c1ccc(-c2ccc(-c3c4ccccc4c(-c4cccc5ccccc45)c4c3cnc3ccccc34)cc2)cc1. The summed E-state index contributed by atoms with van der Waals surface area (Å²) in [5.74, 6) is 0. The van der Waals surface area contributed by atoms with Crippen molar-refractivity contribution in [3.63, 3.8) is 0 Å². The molecule has 1 aromatic heterocycles. The molecular weight excluding hydrogens is 482 g/mol. The lowest BCUT2D eigenvalue weighted by atomic mass is 9.84. The first-order valence-corrected chi connectivity index (χ1v) is 13.7. The van der Waals surface area contributed by atoms with Crippen LogP contribution in [0.1, 0.15) is 0 Å². The van der Waals surface area contributed by atoms with Crippen molar-refractivity contribution < 1.29 is 0 Å². The monoisotopic (exact) mass is 507 g/mol. The number of para-hydroxylation sites is 1. The third kappa shape index (κ3) is 3.52. The summed E-state index contributed by atoms with van der Waals surface area (Å²) in [5.41, 5.74) is 8.40. The van der Waals surface area contributed by atoms with Gasteiger partial charge in [-0.15, -0.1) is 0 Å². The van der Waals surface area contributed by atoms with Crippen molar-refractivity contribution in [3.05, 3.63) is 152 Å². The average Bonchev–Trinajstić information content (AvgIpc) is 3.04. The number of fused-ring (bicyclic) bond motifs is 5. The second-order valence-corrected chi connectivity index (χ2v) is 10.3. The molecule has 0 radical (unpaired) electrons. The van der Waals surface area contributed by atoms with Gasteiger partial charge in [-0.1, -0.05) is 140 Å². The topological polar surface area (TPSA) is 12.9 Å². The predicted molar refractivity (Wildman–Crippen MR) is 171 cm³/mol. The smallest absolute Gasteiger partial charge is 0.0708 e. The van der Waals surface area contributed by atoms with E-state index in [0.717, 1.165) is 5.52 Å². The van der Waals surface area contributed by atoms with Crippen LogP contribution < -0.4 is 0 Å². The zero-order chi connectivity index (χ0) is 26.5. The Kier molecular flexibility index (Phi) is 5.21. The van der Waals surface area contributed by atoms with Crippen LogP contribution in [0.25, 0.3) is 76.6 Å². The summed E-state index contributed by atoms with van der Waals surface area (Å²) in [4.78, 5) is 4.96. The Labute approximate surface area is 233 Å². The molecule has 1 nitrogen and oxygen atoms in total. The number of hydrogen-bond acceptors (Lipinski definition) is 1. The predicted octanol–water partition coefficient (Wildman–Crippen LogP) is 10.7. The fourth-order valence-electron chi connectivity index (χ4n) is 6.29. The van der Waals surface area contributed by atoms with Crippen LogP contribution in [-0.2, 0) is 0 Å². The number of aromatic nitrogens is 1. The molecular formula is C39H25N. The molecule has 0 saturated heterocycles. The van der Waals surface area contributed by atoms with Crippen molar-refractivity contribution in [2.45, 2.75) is 0 Å². The lowest BCUT2D eigenvalue weighted by Gasteiger charge is -2.20. The molecule has 0 unspecified atom stereocenters. The lowest BCUT2D eigenvalue weighted by Crippen LogP contribution is -1.94. The van der Waals surface area contributed by atoms with Crippen molar-refractivity contribution in [3.8, 4) is 33.4 Å². The van der Waals surface area contributed by atoms with Crippen LogP contribution in [0, 0.1) is 0 Å². The van der Waals surface area contributed by atoms with Gasteiger partial charge in [0, 0.05) is 22.4 Å². The van der Waals surface area contributed by atoms with Crippen LogP contribution in [0.2, 0.25) is 0 Å². The Bertz CT molecular complexity index is 2190. The van der Waals surface area contributed by atoms with Gasteiger partial charge in [0.1, 0.15) is 0 Å². The normalized spacial score (nSPS) is 11.5. The largest absolute Gasteiger partial charge is 0.256 e. The fraction of sp³-hybridized carbons (Fsp3) is 0. The summed E-state index contributed by atoms with van der Waals surface area (Å²) in [6, 6.07) is 52.3. The Hall–Kier alpha value is -5.27. The number of nitrogens with zero attached hydrogens (tertiary/aromatic N) is 1. The van der Waals surface area contributed by atoms with E-state index in [1.54, 1.807) is 0 Å². The highest BCUT2D eigenvalue weighted by Gasteiger charge is 2.20. The van der Waals surface area contributed by atoms with E-state index in [1.807, 2.05) is 0 Å². The second-order valence-electron chi connectivity index (χ2n) is 10.3. The summed E-state index contributed by atoms with van der Waals surface area (Å²) in [7, 11) is 0. The number of rotatable bonds is 3. The van der Waals surface area contributed by atoms with Crippen LogP contribution in [-0.4, -0.2) is 4.98 Å². The molecule has 40 heavy (non-hydrogen) atoms. The van der Waals surface area contributed by atoms with Gasteiger partial charge < -0.3 is 0 Å². The van der Waals surface area contributed by atoms with E-state index in [-0.39, 0.29) is 0 Å². The molecule has 8 rings (SSSR count). The van der Waals surface area contributed by atoms with Crippen molar-refractivity contribution in [2.75, 3.05) is 0 Å². The van der Waals surface area contributed by atoms with E-state index in [0.29, 0.717) is 0 Å². The van der Waals surface area contributed by atoms with Gasteiger partial charge in [0.2, 0.25) is 0 Å². The van der Waals surface area contributed by atoms with E-state index in [9.17, 15) is 0 Å². The van der Waals surface area contributed by atoms with E-state index >= 15 is 0 Å². The number of hydrogen-bond donors (Lipinski definition) is 0. The van der Waals surface area contributed by atoms with Crippen molar-refractivity contribution in [2.24, 2.45) is 0 Å². The molecule has 0 N–H and O–H groups in total. The maximum atomic E-state index is 4.96.